The minimum atomic E-state index is -0.346. The summed E-state index contributed by atoms with van der Waals surface area (Å²) in [5, 5.41) is 6.34. The molecule has 2 rings (SSSR count). The predicted octanol–water partition coefficient (Wildman–Crippen LogP) is 1.58. The number of hydrogen-bond donors (Lipinski definition) is 2. The van der Waals surface area contributed by atoms with Gasteiger partial charge in [-0.2, -0.15) is 0 Å². The minimum Gasteiger partial charge on any atom is -0.453 e. The molecule has 0 unspecified atom stereocenters. The van der Waals surface area contributed by atoms with Crippen molar-refractivity contribution in [3.05, 3.63) is 0 Å². The fraction of sp³-hybridized carbons (Fsp3) is 0.929. The molecular formula is C14H29N3O2. The second-order valence-electron chi connectivity index (χ2n) is 5.57. The number of nitrogens with one attached hydrogen (secondary N) is 2. The number of hydrogen-bond acceptors (Lipinski definition) is 4. The summed E-state index contributed by atoms with van der Waals surface area (Å²) >= 11 is 0. The van der Waals surface area contributed by atoms with E-state index in [0.29, 0.717) is 18.6 Å². The van der Waals surface area contributed by atoms with E-state index in [9.17, 15) is 4.79 Å². The zero-order chi connectivity index (χ0) is 13.5. The molecule has 5 heteroatoms. The Morgan fingerprint density at radius 2 is 1.95 bits per heavy atom. The molecule has 19 heavy (non-hydrogen) atoms. The molecule has 1 amide bonds. The van der Waals surface area contributed by atoms with Crippen molar-refractivity contribution in [2.24, 2.45) is 0 Å². The van der Waals surface area contributed by atoms with Crippen molar-refractivity contribution in [2.45, 2.75) is 50.6 Å². The Bertz CT molecular complexity index is 286. The highest BCUT2D eigenvalue weighted by Gasteiger charge is 2.30. The summed E-state index contributed by atoms with van der Waals surface area (Å²) in [5.74, 6) is 0. The molecule has 1 aliphatic carbocycles. The van der Waals surface area contributed by atoms with E-state index in [4.69, 9.17) is 0 Å². The Morgan fingerprint density at radius 1 is 1.21 bits per heavy atom. The number of alkyl carbamates (subject to hydrolysis) is 1. The van der Waals surface area contributed by atoms with E-state index in [0.717, 1.165) is 6.54 Å². The first-order valence-corrected chi connectivity index (χ1v) is 7.60. The third-order valence-corrected chi connectivity index (χ3v) is 4.33. The van der Waals surface area contributed by atoms with Gasteiger partial charge < -0.3 is 15.4 Å². The average molecular weight is 271 g/mol. The van der Waals surface area contributed by atoms with Crippen LogP contribution in [0.5, 0.6) is 0 Å². The Hall–Kier alpha value is -0.810. The number of amides is 1. The van der Waals surface area contributed by atoms with E-state index in [1.807, 2.05) is 0 Å². The molecule has 2 N–H and O–H groups in total. The Labute approximate surface area is 117 Å². The van der Waals surface area contributed by atoms with Gasteiger partial charge in [-0.3, -0.25) is 4.90 Å². The first-order valence-electron chi connectivity index (χ1n) is 7.60. The van der Waals surface area contributed by atoms with Gasteiger partial charge in [0, 0.05) is 26.6 Å². The number of nitrogens with zero attached hydrogens (tertiary/aromatic N) is 1. The van der Waals surface area contributed by atoms with E-state index >= 15 is 0 Å². The normalized spacial score (nSPS) is 28.3. The lowest BCUT2D eigenvalue weighted by Crippen LogP contribution is -2.52. The summed E-state index contributed by atoms with van der Waals surface area (Å²) in [4.78, 5) is 13.6. The smallest absolute Gasteiger partial charge is 0.406 e. The van der Waals surface area contributed by atoms with Crippen LogP contribution in [0.1, 0.15) is 40.0 Å². The molecule has 112 valence electrons. The Morgan fingerprint density at radius 3 is 2.68 bits per heavy atom. The quantitative estimate of drug-likeness (QED) is 0.746. The van der Waals surface area contributed by atoms with Crippen LogP contribution in [0.4, 0.5) is 4.79 Å². The fourth-order valence-electron chi connectivity index (χ4n) is 3.35. The lowest BCUT2D eigenvalue weighted by molar-refractivity contribution is 0.147. The van der Waals surface area contributed by atoms with E-state index in [2.05, 4.69) is 20.3 Å². The minimum absolute atomic E-state index is 0. The fourth-order valence-corrected chi connectivity index (χ4v) is 3.35. The predicted molar refractivity (Wildman–Crippen MR) is 77.4 cm³/mol. The second kappa shape index (κ2) is 7.70. The first kappa shape index (κ1) is 14.6. The molecule has 0 radical (unpaired) electrons. The summed E-state index contributed by atoms with van der Waals surface area (Å²) < 4.78 is 4.56. The highest BCUT2D eigenvalue weighted by atomic mass is 16.5. The van der Waals surface area contributed by atoms with Crippen LogP contribution in [0, 0.1) is 0 Å². The van der Waals surface area contributed by atoms with Crippen molar-refractivity contribution in [1.29, 1.82) is 0 Å². The SMILES string of the molecule is COC(=O)NCCN[C@H]1CCCC[C@H]1N1CCCC1.[HH]. The third kappa shape index (κ3) is 4.35. The van der Waals surface area contributed by atoms with Gasteiger partial charge in [0.2, 0.25) is 0 Å². The van der Waals surface area contributed by atoms with Crippen molar-refractivity contribution in [3.8, 4) is 0 Å². The molecule has 0 aromatic carbocycles. The van der Waals surface area contributed by atoms with Gasteiger partial charge in [0.25, 0.3) is 0 Å². The van der Waals surface area contributed by atoms with Gasteiger partial charge in [0.15, 0.2) is 0 Å². The molecule has 1 saturated heterocycles. The van der Waals surface area contributed by atoms with Gasteiger partial charge in [-0.05, 0) is 38.8 Å². The topological polar surface area (TPSA) is 53.6 Å². The Balaban J connectivity index is 0.00000200. The van der Waals surface area contributed by atoms with Crippen molar-refractivity contribution >= 4 is 6.09 Å². The molecular weight excluding hydrogens is 242 g/mol. The lowest BCUT2D eigenvalue weighted by Gasteiger charge is -2.38. The highest BCUT2D eigenvalue weighted by molar-refractivity contribution is 5.66. The number of carbonyl (C=O) groups is 1. The number of rotatable bonds is 5. The van der Waals surface area contributed by atoms with Crippen molar-refractivity contribution in [2.75, 3.05) is 33.3 Å². The largest absolute Gasteiger partial charge is 0.453 e. The highest BCUT2D eigenvalue weighted by Crippen LogP contribution is 2.26. The Kier molecular flexibility index (Phi) is 5.92. The van der Waals surface area contributed by atoms with Gasteiger partial charge >= 0.3 is 6.09 Å². The monoisotopic (exact) mass is 271 g/mol. The number of likely N-dealkylation sites (tertiary alicyclic amines) is 1. The third-order valence-electron chi connectivity index (χ3n) is 4.33. The van der Waals surface area contributed by atoms with Gasteiger partial charge in [-0.15, -0.1) is 0 Å². The lowest BCUT2D eigenvalue weighted by atomic mass is 9.89. The second-order valence-corrected chi connectivity index (χ2v) is 5.57. The molecule has 0 spiro atoms. The first-order chi connectivity index (χ1) is 9.31. The van der Waals surface area contributed by atoms with Crippen LogP contribution in [0.25, 0.3) is 0 Å². The summed E-state index contributed by atoms with van der Waals surface area (Å²) in [6.45, 7) is 3.99. The van der Waals surface area contributed by atoms with E-state index in [1.54, 1.807) is 0 Å². The van der Waals surface area contributed by atoms with Crippen molar-refractivity contribution in [3.63, 3.8) is 0 Å². The number of ether oxygens (including phenoxy) is 1. The molecule has 5 nitrogen and oxygen atoms in total. The zero-order valence-electron chi connectivity index (χ0n) is 12.0. The maximum Gasteiger partial charge on any atom is 0.406 e. The summed E-state index contributed by atoms with van der Waals surface area (Å²) in [5.41, 5.74) is 0. The van der Waals surface area contributed by atoms with Crippen molar-refractivity contribution < 1.29 is 11.0 Å². The van der Waals surface area contributed by atoms with E-state index < -0.39 is 0 Å². The maximum absolute atomic E-state index is 11.0. The van der Waals surface area contributed by atoms with Gasteiger partial charge in [-0.25, -0.2) is 4.79 Å². The summed E-state index contributed by atoms with van der Waals surface area (Å²) in [6, 6.07) is 1.29. The summed E-state index contributed by atoms with van der Waals surface area (Å²) in [6.07, 6.45) is 7.63. The molecule has 1 heterocycles. The molecule has 2 aliphatic rings. The van der Waals surface area contributed by atoms with Crippen LogP contribution >= 0.6 is 0 Å². The van der Waals surface area contributed by atoms with Gasteiger partial charge in [0.1, 0.15) is 0 Å². The van der Waals surface area contributed by atoms with Crippen LogP contribution in [0.15, 0.2) is 0 Å². The van der Waals surface area contributed by atoms with Crippen LogP contribution in [0.3, 0.4) is 0 Å². The molecule has 0 aromatic rings. The molecule has 1 saturated carbocycles. The zero-order valence-corrected chi connectivity index (χ0v) is 12.0. The van der Waals surface area contributed by atoms with Crippen LogP contribution in [-0.2, 0) is 4.74 Å². The molecule has 2 atom stereocenters. The van der Waals surface area contributed by atoms with E-state index in [1.165, 1.54) is 58.7 Å². The molecule has 2 fully saturated rings. The average Bonchev–Trinajstić information content (AvgIpc) is 2.97. The number of methoxy groups -OCH3 is 1. The molecule has 1 aliphatic heterocycles. The maximum atomic E-state index is 11.0. The van der Waals surface area contributed by atoms with Gasteiger partial charge in [0.05, 0.1) is 7.11 Å². The van der Waals surface area contributed by atoms with E-state index in [-0.39, 0.29) is 7.52 Å². The molecule has 0 bridgehead atoms. The molecule has 0 aromatic heterocycles. The van der Waals surface area contributed by atoms with Crippen LogP contribution in [0.2, 0.25) is 0 Å². The van der Waals surface area contributed by atoms with Crippen LogP contribution < -0.4 is 10.6 Å². The van der Waals surface area contributed by atoms with Gasteiger partial charge in [-0.1, -0.05) is 12.8 Å². The van der Waals surface area contributed by atoms with Crippen LogP contribution in [-0.4, -0.2) is 56.4 Å². The summed E-state index contributed by atoms with van der Waals surface area (Å²) in [7, 11) is 1.40. The van der Waals surface area contributed by atoms with Crippen molar-refractivity contribution in [1.82, 2.24) is 15.5 Å². The number of carbonyl (C=O) groups excluding carboxylic acids is 1. The standard InChI is InChI=1S/C14H27N3O2.H2/c1-19-14(18)16-9-8-15-12-6-2-3-7-13(12)17-10-4-5-11-17;/h12-13,15H,2-11H2,1H3,(H,16,18);1H/t12-,13+;/m0./s1.